The molecule has 1 aromatic heterocycles. The lowest BCUT2D eigenvalue weighted by Crippen LogP contribution is -2.37. The Kier molecular flexibility index (Phi) is 4.90. The number of aromatic nitrogens is 1. The van der Waals surface area contributed by atoms with Crippen molar-refractivity contribution in [2.75, 3.05) is 11.9 Å². The van der Waals surface area contributed by atoms with Crippen LogP contribution in [0.1, 0.15) is 11.8 Å². The first-order chi connectivity index (χ1) is 10.5. The van der Waals surface area contributed by atoms with Gasteiger partial charge in [-0.1, -0.05) is 0 Å². The number of aliphatic hydroxyl groups excluding tert-OH is 1. The van der Waals surface area contributed by atoms with Crippen LogP contribution in [0.25, 0.3) is 0 Å². The monoisotopic (exact) mass is 305 g/mol. The Morgan fingerprint density at radius 2 is 1.91 bits per heavy atom. The van der Waals surface area contributed by atoms with Crippen LogP contribution in [-0.2, 0) is 16.6 Å². The lowest BCUT2D eigenvalue weighted by Gasteiger charge is -2.13. The molecule has 1 unspecified atom stereocenters. The summed E-state index contributed by atoms with van der Waals surface area (Å²) in [6.45, 7) is -0.0898. The molecule has 0 radical (unpaired) electrons. The molecule has 0 aliphatic rings. The highest BCUT2D eigenvalue weighted by atomic mass is 19.1. The molecule has 0 fully saturated rings. The minimum absolute atomic E-state index is 0.0898. The number of aryl methyl sites for hydroxylation is 1. The highest BCUT2D eigenvalue weighted by molar-refractivity contribution is 6.39. The van der Waals surface area contributed by atoms with E-state index in [4.69, 9.17) is 0 Å². The molecule has 2 rings (SSSR count). The van der Waals surface area contributed by atoms with E-state index >= 15 is 0 Å². The van der Waals surface area contributed by atoms with Crippen LogP contribution >= 0.6 is 0 Å². The van der Waals surface area contributed by atoms with Gasteiger partial charge in [0.05, 0.1) is 0 Å². The molecule has 3 N–H and O–H groups in total. The molecule has 0 aliphatic carbocycles. The van der Waals surface area contributed by atoms with Crippen molar-refractivity contribution in [1.82, 2.24) is 9.88 Å². The molecule has 0 bridgehead atoms. The SMILES string of the molecule is Cn1cccc1C(O)CNC(=O)C(=O)Nc1ccc(F)cc1. The summed E-state index contributed by atoms with van der Waals surface area (Å²) in [6, 6.07) is 8.52. The van der Waals surface area contributed by atoms with Crippen molar-refractivity contribution >= 4 is 17.5 Å². The average Bonchev–Trinajstić information content (AvgIpc) is 2.93. The lowest BCUT2D eigenvalue weighted by atomic mass is 10.2. The smallest absolute Gasteiger partial charge is 0.313 e. The number of halogens is 1. The second-order valence-corrected chi connectivity index (χ2v) is 4.73. The van der Waals surface area contributed by atoms with E-state index in [1.54, 1.807) is 29.9 Å². The Hall–Kier alpha value is -2.67. The number of carbonyl (C=O) groups excluding carboxylic acids is 2. The first-order valence-electron chi connectivity index (χ1n) is 6.61. The minimum Gasteiger partial charge on any atom is -0.385 e. The summed E-state index contributed by atoms with van der Waals surface area (Å²) in [5.41, 5.74) is 0.934. The molecule has 2 aromatic rings. The third kappa shape index (κ3) is 3.92. The van der Waals surface area contributed by atoms with Crippen LogP contribution in [0.5, 0.6) is 0 Å². The van der Waals surface area contributed by atoms with Gasteiger partial charge in [0.1, 0.15) is 11.9 Å². The van der Waals surface area contributed by atoms with E-state index < -0.39 is 23.7 Å². The Morgan fingerprint density at radius 1 is 1.23 bits per heavy atom. The molecule has 7 heteroatoms. The maximum atomic E-state index is 12.7. The molecule has 2 amide bonds. The Bertz CT molecular complexity index is 667. The first kappa shape index (κ1) is 15.7. The number of amides is 2. The number of nitrogens with zero attached hydrogens (tertiary/aromatic N) is 1. The predicted octanol–water partition coefficient (Wildman–Crippen LogP) is 0.952. The highest BCUT2D eigenvalue weighted by Gasteiger charge is 2.17. The van der Waals surface area contributed by atoms with Gasteiger partial charge in [0.25, 0.3) is 0 Å². The number of carbonyl (C=O) groups is 2. The van der Waals surface area contributed by atoms with Gasteiger partial charge in [0.2, 0.25) is 0 Å². The van der Waals surface area contributed by atoms with Gasteiger partial charge in [-0.25, -0.2) is 4.39 Å². The van der Waals surface area contributed by atoms with Crippen LogP contribution in [0.3, 0.4) is 0 Å². The standard InChI is InChI=1S/C15H16FN3O3/c1-19-8-2-3-12(19)13(20)9-17-14(21)15(22)18-11-6-4-10(16)5-7-11/h2-8,13,20H,9H2,1H3,(H,17,21)(H,18,22). The van der Waals surface area contributed by atoms with Crippen LogP contribution in [0.15, 0.2) is 42.6 Å². The summed E-state index contributed by atoms with van der Waals surface area (Å²) in [5, 5.41) is 14.6. The summed E-state index contributed by atoms with van der Waals surface area (Å²) in [5.74, 6) is -2.20. The lowest BCUT2D eigenvalue weighted by molar-refractivity contribution is -0.136. The van der Waals surface area contributed by atoms with Crippen molar-refractivity contribution in [2.24, 2.45) is 7.05 Å². The zero-order chi connectivity index (χ0) is 16.1. The van der Waals surface area contributed by atoms with E-state index in [0.717, 1.165) is 0 Å². The van der Waals surface area contributed by atoms with Gasteiger partial charge in [-0.05, 0) is 36.4 Å². The molecule has 0 saturated heterocycles. The molecule has 6 nitrogen and oxygen atoms in total. The quantitative estimate of drug-likeness (QED) is 0.736. The van der Waals surface area contributed by atoms with E-state index in [0.29, 0.717) is 11.4 Å². The van der Waals surface area contributed by atoms with Crippen molar-refractivity contribution in [3.05, 3.63) is 54.1 Å². The maximum Gasteiger partial charge on any atom is 0.313 e. The fourth-order valence-corrected chi connectivity index (χ4v) is 1.92. The number of benzene rings is 1. The number of aliphatic hydroxyl groups is 1. The van der Waals surface area contributed by atoms with E-state index in [1.807, 2.05) is 0 Å². The summed E-state index contributed by atoms with van der Waals surface area (Å²) in [7, 11) is 1.77. The molecule has 1 aromatic carbocycles. The molecular weight excluding hydrogens is 289 g/mol. The van der Waals surface area contributed by atoms with Crippen molar-refractivity contribution in [3.63, 3.8) is 0 Å². The second-order valence-electron chi connectivity index (χ2n) is 4.73. The van der Waals surface area contributed by atoms with E-state index in [2.05, 4.69) is 10.6 Å². The second kappa shape index (κ2) is 6.86. The summed E-state index contributed by atoms with van der Waals surface area (Å²) in [6.07, 6.45) is 0.851. The fraction of sp³-hybridized carbons (Fsp3) is 0.200. The van der Waals surface area contributed by atoms with Crippen molar-refractivity contribution in [2.45, 2.75) is 6.10 Å². The number of nitrogens with one attached hydrogen (secondary N) is 2. The summed E-state index contributed by atoms with van der Waals surface area (Å²) < 4.78 is 14.5. The fourth-order valence-electron chi connectivity index (χ4n) is 1.92. The van der Waals surface area contributed by atoms with Crippen LogP contribution in [-0.4, -0.2) is 28.0 Å². The normalized spacial score (nSPS) is 11.8. The molecule has 1 heterocycles. The van der Waals surface area contributed by atoms with Gasteiger partial charge >= 0.3 is 11.8 Å². The number of rotatable bonds is 4. The zero-order valence-electron chi connectivity index (χ0n) is 11.9. The largest absolute Gasteiger partial charge is 0.385 e. The van der Waals surface area contributed by atoms with Gasteiger partial charge in [0.15, 0.2) is 0 Å². The number of hydrogen-bond acceptors (Lipinski definition) is 3. The number of hydrogen-bond donors (Lipinski definition) is 3. The molecule has 1 atom stereocenters. The van der Waals surface area contributed by atoms with E-state index in [9.17, 15) is 19.1 Å². The van der Waals surface area contributed by atoms with Gasteiger partial charge < -0.3 is 20.3 Å². The zero-order valence-corrected chi connectivity index (χ0v) is 11.9. The van der Waals surface area contributed by atoms with Crippen LogP contribution < -0.4 is 10.6 Å². The average molecular weight is 305 g/mol. The Labute approximate surface area is 126 Å². The molecule has 0 saturated carbocycles. The van der Waals surface area contributed by atoms with E-state index in [1.165, 1.54) is 24.3 Å². The van der Waals surface area contributed by atoms with Crippen LogP contribution in [0, 0.1) is 5.82 Å². The molecular formula is C15H16FN3O3. The summed E-state index contributed by atoms with van der Waals surface area (Å²) >= 11 is 0. The highest BCUT2D eigenvalue weighted by Crippen LogP contribution is 2.11. The van der Waals surface area contributed by atoms with Crippen molar-refractivity contribution in [1.29, 1.82) is 0 Å². The number of anilines is 1. The molecule has 116 valence electrons. The topological polar surface area (TPSA) is 83.4 Å². The third-order valence-corrected chi connectivity index (χ3v) is 3.09. The van der Waals surface area contributed by atoms with Crippen LogP contribution in [0.4, 0.5) is 10.1 Å². The maximum absolute atomic E-state index is 12.7. The van der Waals surface area contributed by atoms with Crippen molar-refractivity contribution < 1.29 is 19.1 Å². The van der Waals surface area contributed by atoms with Gasteiger partial charge in [-0.15, -0.1) is 0 Å². The Balaban J connectivity index is 1.85. The first-order valence-corrected chi connectivity index (χ1v) is 6.61. The molecule has 22 heavy (non-hydrogen) atoms. The summed E-state index contributed by atoms with van der Waals surface area (Å²) in [4.78, 5) is 23.3. The molecule has 0 aliphatic heterocycles. The van der Waals surface area contributed by atoms with Crippen molar-refractivity contribution in [3.8, 4) is 0 Å². The van der Waals surface area contributed by atoms with Gasteiger partial charge in [-0.2, -0.15) is 0 Å². The Morgan fingerprint density at radius 3 is 2.50 bits per heavy atom. The molecule has 0 spiro atoms. The van der Waals surface area contributed by atoms with Gasteiger partial charge in [-0.3, -0.25) is 9.59 Å². The van der Waals surface area contributed by atoms with Gasteiger partial charge in [0, 0.05) is 31.2 Å². The predicted molar refractivity (Wildman–Crippen MR) is 78.4 cm³/mol. The minimum atomic E-state index is -0.914. The van der Waals surface area contributed by atoms with Crippen LogP contribution in [0.2, 0.25) is 0 Å². The van der Waals surface area contributed by atoms with E-state index in [-0.39, 0.29) is 6.54 Å². The third-order valence-electron chi connectivity index (χ3n) is 3.09.